The summed E-state index contributed by atoms with van der Waals surface area (Å²) in [7, 11) is -3.28. The molecule has 0 aliphatic rings. The lowest BCUT2D eigenvalue weighted by atomic mass is 10.2. The second-order valence-corrected chi connectivity index (χ2v) is 5.70. The number of anilines is 2. The van der Waals surface area contributed by atoms with Crippen molar-refractivity contribution in [3.8, 4) is 0 Å². The highest BCUT2D eigenvalue weighted by molar-refractivity contribution is 7.92. The van der Waals surface area contributed by atoms with Crippen molar-refractivity contribution >= 4 is 33.0 Å². The molecule has 0 aliphatic heterocycles. The van der Waals surface area contributed by atoms with E-state index in [0.29, 0.717) is 17.9 Å². The maximum absolute atomic E-state index is 11.0. The molecule has 1 aromatic carbocycles. The molecule has 1 rings (SSSR count). The zero-order valence-corrected chi connectivity index (χ0v) is 10.9. The molecular formula is C10H15ClN2O3S. The summed E-state index contributed by atoms with van der Waals surface area (Å²) >= 11 is 5.45. The van der Waals surface area contributed by atoms with Gasteiger partial charge in [0.2, 0.25) is 10.0 Å². The number of benzene rings is 1. The van der Waals surface area contributed by atoms with Gasteiger partial charge >= 0.3 is 0 Å². The molecule has 0 aliphatic carbocycles. The van der Waals surface area contributed by atoms with Crippen molar-refractivity contribution in [3.05, 3.63) is 24.3 Å². The highest BCUT2D eigenvalue weighted by atomic mass is 35.5. The van der Waals surface area contributed by atoms with Gasteiger partial charge in [0.05, 0.1) is 23.9 Å². The molecule has 0 amide bonds. The third kappa shape index (κ3) is 5.76. The van der Waals surface area contributed by atoms with Gasteiger partial charge in [-0.3, -0.25) is 4.72 Å². The van der Waals surface area contributed by atoms with Crippen molar-refractivity contribution in [1.82, 2.24) is 0 Å². The highest BCUT2D eigenvalue weighted by Crippen LogP contribution is 2.15. The normalized spacial score (nSPS) is 13.1. The second kappa shape index (κ2) is 6.09. The summed E-state index contributed by atoms with van der Waals surface area (Å²) in [5, 5.41) is 12.2. The number of alkyl halides is 1. The van der Waals surface area contributed by atoms with Crippen molar-refractivity contribution in [2.24, 2.45) is 0 Å². The van der Waals surface area contributed by atoms with E-state index in [1.54, 1.807) is 24.3 Å². The summed E-state index contributed by atoms with van der Waals surface area (Å²) in [6, 6.07) is 6.77. The first-order valence-electron chi connectivity index (χ1n) is 4.96. The van der Waals surface area contributed by atoms with Crippen LogP contribution in [-0.2, 0) is 10.0 Å². The van der Waals surface area contributed by atoms with E-state index >= 15 is 0 Å². The molecule has 0 bridgehead atoms. The van der Waals surface area contributed by atoms with Gasteiger partial charge in [-0.15, -0.1) is 11.6 Å². The lowest BCUT2D eigenvalue weighted by molar-refractivity contribution is 0.211. The maximum Gasteiger partial charge on any atom is 0.229 e. The van der Waals surface area contributed by atoms with Crippen LogP contribution >= 0.6 is 11.6 Å². The van der Waals surface area contributed by atoms with Crippen molar-refractivity contribution in [2.45, 2.75) is 6.10 Å². The molecule has 0 spiro atoms. The van der Waals surface area contributed by atoms with Gasteiger partial charge in [0.1, 0.15) is 0 Å². The monoisotopic (exact) mass is 278 g/mol. The molecular weight excluding hydrogens is 264 g/mol. The van der Waals surface area contributed by atoms with Crippen molar-refractivity contribution < 1.29 is 13.5 Å². The smallest absolute Gasteiger partial charge is 0.229 e. The Morgan fingerprint density at radius 2 is 2.06 bits per heavy atom. The minimum absolute atomic E-state index is 0.147. The van der Waals surface area contributed by atoms with Gasteiger partial charge < -0.3 is 10.4 Å². The summed E-state index contributed by atoms with van der Waals surface area (Å²) < 4.78 is 24.4. The fourth-order valence-corrected chi connectivity index (χ4v) is 1.86. The van der Waals surface area contributed by atoms with E-state index in [-0.39, 0.29) is 5.88 Å². The minimum Gasteiger partial charge on any atom is -0.390 e. The predicted molar refractivity (Wildman–Crippen MR) is 70.1 cm³/mol. The van der Waals surface area contributed by atoms with Gasteiger partial charge in [0.15, 0.2) is 0 Å². The van der Waals surface area contributed by atoms with E-state index in [1.807, 2.05) is 0 Å². The van der Waals surface area contributed by atoms with Crippen LogP contribution in [0, 0.1) is 0 Å². The lowest BCUT2D eigenvalue weighted by Gasteiger charge is -2.11. The van der Waals surface area contributed by atoms with E-state index in [4.69, 9.17) is 11.6 Å². The summed E-state index contributed by atoms with van der Waals surface area (Å²) in [5.41, 5.74) is 1.18. The molecule has 3 N–H and O–H groups in total. The van der Waals surface area contributed by atoms with Crippen LogP contribution in [0.25, 0.3) is 0 Å². The van der Waals surface area contributed by atoms with Gasteiger partial charge in [0, 0.05) is 12.2 Å². The van der Waals surface area contributed by atoms with Gasteiger partial charge in [-0.1, -0.05) is 6.07 Å². The number of hydrogen-bond acceptors (Lipinski definition) is 4. The Morgan fingerprint density at radius 3 is 2.65 bits per heavy atom. The molecule has 0 aromatic heterocycles. The Morgan fingerprint density at radius 1 is 1.41 bits per heavy atom. The van der Waals surface area contributed by atoms with Crippen LogP contribution in [-0.4, -0.2) is 38.3 Å². The molecule has 96 valence electrons. The first-order valence-corrected chi connectivity index (χ1v) is 7.39. The number of sulfonamides is 1. The molecule has 0 saturated carbocycles. The summed E-state index contributed by atoms with van der Waals surface area (Å²) in [4.78, 5) is 0. The van der Waals surface area contributed by atoms with Gasteiger partial charge in [-0.25, -0.2) is 8.42 Å². The topological polar surface area (TPSA) is 78.4 Å². The maximum atomic E-state index is 11.0. The van der Waals surface area contributed by atoms with Crippen LogP contribution in [0.2, 0.25) is 0 Å². The Bertz CT molecular complexity index is 464. The average Bonchev–Trinajstić information content (AvgIpc) is 2.24. The van der Waals surface area contributed by atoms with Crippen LogP contribution in [0.3, 0.4) is 0 Å². The Kier molecular flexibility index (Phi) is 5.04. The van der Waals surface area contributed by atoms with Crippen molar-refractivity contribution in [2.75, 3.05) is 28.7 Å². The molecule has 0 heterocycles. The molecule has 17 heavy (non-hydrogen) atoms. The van der Waals surface area contributed by atoms with Crippen molar-refractivity contribution in [1.29, 1.82) is 0 Å². The van der Waals surface area contributed by atoms with Crippen LogP contribution in [0.15, 0.2) is 24.3 Å². The van der Waals surface area contributed by atoms with E-state index in [1.165, 1.54) is 0 Å². The summed E-state index contributed by atoms with van der Waals surface area (Å²) in [6.45, 7) is 0.311. The number of nitrogens with one attached hydrogen (secondary N) is 2. The Labute approximate surface area is 106 Å². The summed E-state index contributed by atoms with van der Waals surface area (Å²) in [6.07, 6.45) is 0.452. The molecule has 5 nitrogen and oxygen atoms in total. The SMILES string of the molecule is CS(=O)(=O)Nc1cccc(NCC(O)CCl)c1. The van der Waals surface area contributed by atoms with E-state index in [2.05, 4.69) is 10.0 Å². The van der Waals surface area contributed by atoms with Crippen LogP contribution < -0.4 is 10.0 Å². The van der Waals surface area contributed by atoms with E-state index < -0.39 is 16.1 Å². The largest absolute Gasteiger partial charge is 0.390 e. The average molecular weight is 279 g/mol. The fourth-order valence-electron chi connectivity index (χ4n) is 1.20. The van der Waals surface area contributed by atoms with Gasteiger partial charge in [-0.2, -0.15) is 0 Å². The van der Waals surface area contributed by atoms with Crippen LogP contribution in [0.5, 0.6) is 0 Å². The fraction of sp³-hybridized carbons (Fsp3) is 0.400. The standard InChI is InChI=1S/C10H15ClN2O3S/c1-17(15,16)13-9-4-2-3-8(5-9)12-7-10(14)6-11/h2-5,10,12-14H,6-7H2,1H3. The first kappa shape index (κ1) is 14.1. The first-order chi connectivity index (χ1) is 7.90. The third-order valence-electron chi connectivity index (χ3n) is 1.89. The number of aliphatic hydroxyl groups excluding tert-OH is 1. The highest BCUT2D eigenvalue weighted by Gasteiger charge is 2.04. The quantitative estimate of drug-likeness (QED) is 0.680. The second-order valence-electron chi connectivity index (χ2n) is 3.64. The van der Waals surface area contributed by atoms with Gasteiger partial charge in [-0.05, 0) is 18.2 Å². The molecule has 1 aromatic rings. The third-order valence-corrected chi connectivity index (χ3v) is 2.85. The number of rotatable bonds is 6. The molecule has 0 fully saturated rings. The minimum atomic E-state index is -3.28. The zero-order chi connectivity index (χ0) is 12.9. The number of aliphatic hydroxyl groups is 1. The number of halogens is 1. The summed E-state index contributed by atoms with van der Waals surface area (Å²) in [5.74, 6) is 0.147. The van der Waals surface area contributed by atoms with Crippen LogP contribution in [0.4, 0.5) is 11.4 Å². The zero-order valence-electron chi connectivity index (χ0n) is 9.35. The van der Waals surface area contributed by atoms with Gasteiger partial charge in [0.25, 0.3) is 0 Å². The van der Waals surface area contributed by atoms with Crippen LogP contribution in [0.1, 0.15) is 0 Å². The molecule has 1 unspecified atom stereocenters. The Balaban J connectivity index is 2.66. The lowest BCUT2D eigenvalue weighted by Crippen LogP contribution is -2.20. The molecule has 0 saturated heterocycles. The molecule has 0 radical (unpaired) electrons. The Hall–Kier alpha value is -0.980. The predicted octanol–water partition coefficient (Wildman–Crippen LogP) is 1.07. The van der Waals surface area contributed by atoms with Crippen molar-refractivity contribution in [3.63, 3.8) is 0 Å². The molecule has 7 heteroatoms. The number of hydrogen-bond donors (Lipinski definition) is 3. The molecule has 1 atom stereocenters. The van der Waals surface area contributed by atoms with E-state index in [9.17, 15) is 13.5 Å². The van der Waals surface area contributed by atoms with E-state index in [0.717, 1.165) is 6.26 Å².